The van der Waals surface area contributed by atoms with Gasteiger partial charge >= 0.3 is 0 Å². The molecule has 1 saturated heterocycles. The van der Waals surface area contributed by atoms with Gasteiger partial charge in [0.25, 0.3) is 0 Å². The summed E-state index contributed by atoms with van der Waals surface area (Å²) in [6, 6.07) is 9.97. The van der Waals surface area contributed by atoms with Crippen LogP contribution in [0.3, 0.4) is 0 Å². The zero-order valence-electron chi connectivity index (χ0n) is 20.3. The molecule has 9 heteroatoms. The molecule has 0 atom stereocenters. The Morgan fingerprint density at radius 2 is 1.97 bits per heavy atom. The number of hydrogen-bond donors (Lipinski definition) is 2. The fourth-order valence-corrected chi connectivity index (χ4v) is 4.63. The topological polar surface area (TPSA) is 102 Å². The average molecular weight is 473 g/mol. The number of nitrogens with one attached hydrogen (secondary N) is 2. The molecule has 0 spiro atoms. The number of anilines is 1. The zero-order chi connectivity index (χ0) is 24.2. The second-order valence-corrected chi connectivity index (χ2v) is 9.45. The lowest BCUT2D eigenvalue weighted by Crippen LogP contribution is -2.28. The third-order valence-corrected chi connectivity index (χ3v) is 6.68. The molecule has 0 radical (unpaired) electrons. The maximum Gasteiger partial charge on any atom is 0.228 e. The molecule has 1 aromatic carbocycles. The molecule has 0 amide bonds. The van der Waals surface area contributed by atoms with Gasteiger partial charge in [0.2, 0.25) is 11.8 Å². The minimum absolute atomic E-state index is 0.0121. The third-order valence-electron chi connectivity index (χ3n) is 6.68. The van der Waals surface area contributed by atoms with Gasteiger partial charge in [-0.25, -0.2) is 9.67 Å². The lowest BCUT2D eigenvalue weighted by molar-refractivity contribution is 0.0960. The fraction of sp³-hybridized carbons (Fsp3) is 0.423. The number of fused-ring (bicyclic) bond motifs is 1. The monoisotopic (exact) mass is 472 g/mol. The highest BCUT2D eigenvalue weighted by Crippen LogP contribution is 2.23. The van der Waals surface area contributed by atoms with Crippen molar-refractivity contribution in [2.45, 2.75) is 52.0 Å². The minimum atomic E-state index is -0.0121. The molecule has 0 saturated carbocycles. The van der Waals surface area contributed by atoms with Crippen LogP contribution in [0.15, 0.2) is 48.9 Å². The SMILES string of the molecule is CC(C)c1cnn2c(NCc3ccccc3-n3cccn3)nc(C(=O)CCC3CCNCC3)nc12. The van der Waals surface area contributed by atoms with Crippen LogP contribution in [0, 0.1) is 5.92 Å². The van der Waals surface area contributed by atoms with Gasteiger partial charge < -0.3 is 10.6 Å². The number of Topliss-reactive ketones (excluding diaryl/α,β-unsaturated/α-hetero) is 1. The highest BCUT2D eigenvalue weighted by molar-refractivity contribution is 5.93. The Bertz CT molecular complexity index is 1290. The minimum Gasteiger partial charge on any atom is -0.350 e. The van der Waals surface area contributed by atoms with Gasteiger partial charge in [-0.2, -0.15) is 19.7 Å². The van der Waals surface area contributed by atoms with Crippen molar-refractivity contribution < 1.29 is 4.79 Å². The Morgan fingerprint density at radius 3 is 2.74 bits per heavy atom. The van der Waals surface area contributed by atoms with Gasteiger partial charge in [-0.05, 0) is 61.9 Å². The Labute approximate surface area is 205 Å². The van der Waals surface area contributed by atoms with E-state index in [4.69, 9.17) is 0 Å². The van der Waals surface area contributed by atoms with E-state index in [9.17, 15) is 4.79 Å². The van der Waals surface area contributed by atoms with Gasteiger partial charge in [-0.1, -0.05) is 32.0 Å². The molecule has 1 aliphatic rings. The van der Waals surface area contributed by atoms with Crippen LogP contribution in [0.1, 0.15) is 67.2 Å². The van der Waals surface area contributed by atoms with Crippen molar-refractivity contribution >= 4 is 17.4 Å². The summed E-state index contributed by atoms with van der Waals surface area (Å²) in [4.78, 5) is 22.5. The summed E-state index contributed by atoms with van der Waals surface area (Å²) >= 11 is 0. The molecule has 0 unspecified atom stereocenters. The van der Waals surface area contributed by atoms with E-state index < -0.39 is 0 Å². The third kappa shape index (κ3) is 5.09. The van der Waals surface area contributed by atoms with Crippen LogP contribution in [0.5, 0.6) is 0 Å². The molecule has 9 nitrogen and oxygen atoms in total. The van der Waals surface area contributed by atoms with Gasteiger partial charge in [0.15, 0.2) is 11.4 Å². The van der Waals surface area contributed by atoms with Gasteiger partial charge in [-0.3, -0.25) is 4.79 Å². The summed E-state index contributed by atoms with van der Waals surface area (Å²) in [7, 11) is 0. The maximum absolute atomic E-state index is 13.2. The molecular formula is C26H32N8O. The second kappa shape index (κ2) is 10.4. The van der Waals surface area contributed by atoms with Crippen LogP contribution < -0.4 is 10.6 Å². The van der Waals surface area contributed by atoms with E-state index in [1.54, 1.807) is 10.7 Å². The molecular weight excluding hydrogens is 440 g/mol. The molecule has 0 bridgehead atoms. The first-order valence-electron chi connectivity index (χ1n) is 12.4. The van der Waals surface area contributed by atoms with Crippen LogP contribution >= 0.6 is 0 Å². The van der Waals surface area contributed by atoms with Crippen LogP contribution in [0.4, 0.5) is 5.95 Å². The van der Waals surface area contributed by atoms with E-state index in [1.165, 1.54) is 0 Å². The maximum atomic E-state index is 13.2. The number of hydrogen-bond acceptors (Lipinski definition) is 7. The summed E-state index contributed by atoms with van der Waals surface area (Å²) in [5, 5.41) is 15.7. The Morgan fingerprint density at radius 1 is 1.14 bits per heavy atom. The van der Waals surface area contributed by atoms with E-state index in [1.807, 2.05) is 41.3 Å². The van der Waals surface area contributed by atoms with Crippen molar-refractivity contribution in [3.05, 3.63) is 65.9 Å². The van der Waals surface area contributed by atoms with Crippen molar-refractivity contribution in [3.8, 4) is 5.69 Å². The molecule has 3 aromatic heterocycles. The Balaban J connectivity index is 1.42. The van der Waals surface area contributed by atoms with Crippen molar-refractivity contribution in [2.75, 3.05) is 18.4 Å². The normalized spacial score (nSPS) is 14.6. The molecule has 2 N–H and O–H groups in total. The molecule has 1 aliphatic heterocycles. The molecule has 5 rings (SSSR count). The van der Waals surface area contributed by atoms with Crippen LogP contribution in [-0.4, -0.2) is 48.2 Å². The lowest BCUT2D eigenvalue weighted by atomic mass is 9.92. The van der Waals surface area contributed by atoms with Crippen molar-refractivity contribution in [1.82, 2.24) is 34.7 Å². The first-order chi connectivity index (χ1) is 17.1. The van der Waals surface area contributed by atoms with Crippen LogP contribution in [-0.2, 0) is 6.54 Å². The Kier molecular flexibility index (Phi) is 6.85. The summed E-state index contributed by atoms with van der Waals surface area (Å²) in [6.07, 6.45) is 9.09. The van der Waals surface area contributed by atoms with E-state index in [0.717, 1.165) is 49.2 Å². The predicted molar refractivity (Wildman–Crippen MR) is 135 cm³/mol. The molecule has 182 valence electrons. The Hall–Kier alpha value is -3.59. The number of aromatic nitrogens is 6. The summed E-state index contributed by atoms with van der Waals surface area (Å²) in [5.41, 5.74) is 3.72. The first-order valence-corrected chi connectivity index (χ1v) is 12.4. The van der Waals surface area contributed by atoms with Gasteiger partial charge in [0.05, 0.1) is 11.9 Å². The second-order valence-electron chi connectivity index (χ2n) is 9.45. The summed E-state index contributed by atoms with van der Waals surface area (Å²) in [6.45, 7) is 6.77. The zero-order valence-corrected chi connectivity index (χ0v) is 20.3. The average Bonchev–Trinajstić information content (AvgIpc) is 3.57. The largest absolute Gasteiger partial charge is 0.350 e. The van der Waals surface area contributed by atoms with E-state index in [0.29, 0.717) is 30.5 Å². The summed E-state index contributed by atoms with van der Waals surface area (Å²) in [5.74, 6) is 1.58. The van der Waals surface area contributed by atoms with Gasteiger partial charge in [-0.15, -0.1) is 0 Å². The van der Waals surface area contributed by atoms with Crippen LogP contribution in [0.2, 0.25) is 0 Å². The number of rotatable bonds is 9. The van der Waals surface area contributed by atoms with E-state index >= 15 is 0 Å². The number of nitrogens with zero attached hydrogens (tertiary/aromatic N) is 6. The predicted octanol–water partition coefficient (Wildman–Crippen LogP) is 4.01. The number of benzene rings is 1. The molecule has 4 aromatic rings. The van der Waals surface area contributed by atoms with Crippen molar-refractivity contribution in [1.29, 1.82) is 0 Å². The van der Waals surface area contributed by atoms with E-state index in [2.05, 4.69) is 50.7 Å². The van der Waals surface area contributed by atoms with Gasteiger partial charge in [0.1, 0.15) is 0 Å². The molecule has 1 fully saturated rings. The number of carbonyl (C=O) groups is 1. The molecule has 0 aliphatic carbocycles. The van der Waals surface area contributed by atoms with Crippen molar-refractivity contribution in [3.63, 3.8) is 0 Å². The van der Waals surface area contributed by atoms with Crippen LogP contribution in [0.25, 0.3) is 11.3 Å². The van der Waals surface area contributed by atoms with Gasteiger partial charge in [0, 0.05) is 30.9 Å². The first kappa shape index (κ1) is 23.2. The number of piperidine rings is 1. The quantitative estimate of drug-likeness (QED) is 0.355. The number of ketones is 1. The van der Waals surface area contributed by atoms with Crippen molar-refractivity contribution in [2.24, 2.45) is 5.92 Å². The fourth-order valence-electron chi connectivity index (χ4n) is 4.63. The summed E-state index contributed by atoms with van der Waals surface area (Å²) < 4.78 is 3.54. The molecule has 4 heterocycles. The number of para-hydroxylation sites is 1. The number of carbonyl (C=O) groups excluding carboxylic acids is 1. The highest BCUT2D eigenvalue weighted by Gasteiger charge is 2.21. The smallest absolute Gasteiger partial charge is 0.228 e. The lowest BCUT2D eigenvalue weighted by Gasteiger charge is -2.21. The van der Waals surface area contributed by atoms with E-state index in [-0.39, 0.29) is 17.5 Å². The molecule has 35 heavy (non-hydrogen) atoms. The highest BCUT2D eigenvalue weighted by atomic mass is 16.1. The standard InChI is InChI=1S/C26H32N8O/c1-18(2)21-17-30-34-25(21)31-24(23(35)9-8-19-10-13-27-14-11-19)32-26(34)28-16-20-6-3-4-7-22(20)33-15-5-12-29-33/h3-7,12,15,17-19,27H,8-11,13-14,16H2,1-2H3,(H,28,31,32).